The zero-order valence-electron chi connectivity index (χ0n) is 74.5. The van der Waals surface area contributed by atoms with Crippen molar-refractivity contribution in [3.05, 3.63) is 265 Å². The normalized spacial score (nSPS) is 14.9. The fourth-order valence-corrected chi connectivity index (χ4v) is 12.7. The van der Waals surface area contributed by atoms with Crippen LogP contribution >= 0.6 is 0 Å². The molecule has 15 heteroatoms. The maximum atomic E-state index is 12.3. The van der Waals surface area contributed by atoms with Gasteiger partial charge in [0.2, 0.25) is 0 Å². The molecule has 2 amide bonds. The average molecular weight is 1580 g/mol. The second-order valence-corrected chi connectivity index (χ2v) is 33.0. The Morgan fingerprint density at radius 3 is 1.06 bits per heavy atom. The summed E-state index contributed by atoms with van der Waals surface area (Å²) in [4.78, 5) is 60.6. The van der Waals surface area contributed by atoms with Gasteiger partial charge in [-0.05, 0) is 229 Å². The summed E-state index contributed by atoms with van der Waals surface area (Å²) in [7, 11) is 0. The molecule has 4 saturated heterocycles. The van der Waals surface area contributed by atoms with Crippen LogP contribution in [0.2, 0.25) is 0 Å². The molecule has 0 saturated carbocycles. The highest BCUT2D eigenvalue weighted by Gasteiger charge is 2.29. The molecule has 4 fully saturated rings. The van der Waals surface area contributed by atoms with Gasteiger partial charge in [0, 0.05) is 160 Å². The number of piperazine rings is 2. The van der Waals surface area contributed by atoms with E-state index in [1.165, 1.54) is 87.1 Å². The molecule has 4 aromatic carbocycles. The molecule has 0 unspecified atom stereocenters. The van der Waals surface area contributed by atoms with E-state index in [9.17, 15) is 9.59 Å². The summed E-state index contributed by atoms with van der Waals surface area (Å²) in [6.07, 6.45) is 25.4. The lowest BCUT2D eigenvalue weighted by atomic mass is 10.0. The minimum atomic E-state index is 0. The van der Waals surface area contributed by atoms with E-state index < -0.39 is 0 Å². The second kappa shape index (κ2) is 61.1. The Balaban J connectivity index is 0.000000640. The van der Waals surface area contributed by atoms with Crippen molar-refractivity contribution in [2.24, 2.45) is 0 Å². The summed E-state index contributed by atoms with van der Waals surface area (Å²) in [5, 5.41) is 0. The van der Waals surface area contributed by atoms with E-state index in [1.807, 2.05) is 144 Å². The lowest BCUT2D eigenvalue weighted by molar-refractivity contribution is 0.0426. The van der Waals surface area contributed by atoms with E-state index in [-0.39, 0.29) is 26.7 Å². The zero-order valence-corrected chi connectivity index (χ0v) is 74.5. The maximum Gasteiger partial charge on any atom is 0.253 e. The number of pyridine rings is 2. The lowest BCUT2D eigenvalue weighted by Crippen LogP contribution is -2.55. The van der Waals surface area contributed by atoms with Crippen LogP contribution in [0.5, 0.6) is 0 Å². The van der Waals surface area contributed by atoms with Crippen LogP contribution in [0.15, 0.2) is 220 Å². The van der Waals surface area contributed by atoms with Crippen molar-refractivity contribution in [1.82, 2.24) is 63.9 Å². The molecule has 13 rings (SSSR count). The highest BCUT2D eigenvalue weighted by molar-refractivity contribution is 5.94. The third-order valence-corrected chi connectivity index (χ3v) is 20.2. The standard InChI is InChI=1S/C15H22N2O.C14H20N2O.2C9H12.C8H11N.2C8H17N.C8H11N.C7H11N.2C6H10N2.2CH4/c1-12(2)17-10-9-16(11-13(17)3)15(18)14-7-5-4-6-8-14;1-12(2)15-8-10-16(11-9-15)14(17)13-6-4-3-5-7-13;2*1-8(2)9-6-4-3-5-7-9;1-7(2)8-4-3-5-9-6-8;2*1-8(2)9-6-4-3-5-7-9;1-7(2)8-5-3-4-6-9-8;1-7(2)8-5-3-4-6-8;1-5(2)6-3-7-4-8-6;1-5(2)6-7-3-4-8-6;;/h4-8,12-13H,9-11H2,1-3H3;3-7,12H,8-11H2,1-2H3;2*3-8H,1-2H3;3-7H,1-2H3;2*8H,3-7H2,1-2H3;3-7H,1-2H3;3-7H,1-2H3;2*3-5H,1-2H3,(H,7,8);2*1H4/t13-;;;;;;;;;;;;/m1............/s1. The van der Waals surface area contributed by atoms with Gasteiger partial charge < -0.3 is 34.1 Å². The first-order chi connectivity index (χ1) is 54.0. The Morgan fingerprint density at radius 2 is 0.783 bits per heavy atom. The number of rotatable bonds is 13. The van der Waals surface area contributed by atoms with Crippen LogP contribution in [-0.2, 0) is 0 Å². The first kappa shape index (κ1) is 105. The Bertz CT molecular complexity index is 3350. The van der Waals surface area contributed by atoms with Gasteiger partial charge in [-0.3, -0.25) is 29.4 Å². The monoisotopic (exact) mass is 1580 g/mol. The summed E-state index contributed by atoms with van der Waals surface area (Å²) in [6.45, 7) is 62.0. The Labute approximate surface area is 702 Å². The maximum absolute atomic E-state index is 12.3. The smallest absolute Gasteiger partial charge is 0.253 e. The number of hydrogen-bond donors (Lipinski definition) is 2. The second-order valence-electron chi connectivity index (χ2n) is 33.0. The number of nitrogens with zero attached hydrogens (tertiary/aromatic N) is 11. The molecule has 4 aliphatic rings. The molecular weight excluding hydrogens is 1420 g/mol. The van der Waals surface area contributed by atoms with E-state index in [4.69, 9.17) is 0 Å². The third kappa shape index (κ3) is 44.5. The predicted octanol–water partition coefficient (Wildman–Crippen LogP) is 24.3. The minimum Gasteiger partial charge on any atom is -0.352 e. The van der Waals surface area contributed by atoms with Crippen LogP contribution in [0.25, 0.3) is 0 Å². The molecule has 15 nitrogen and oxygen atoms in total. The Morgan fingerprint density at radius 1 is 0.357 bits per heavy atom. The van der Waals surface area contributed by atoms with Crippen molar-refractivity contribution < 1.29 is 9.59 Å². The van der Waals surface area contributed by atoms with Crippen LogP contribution in [0.1, 0.15) is 309 Å². The zero-order chi connectivity index (χ0) is 83.5. The number of imidazole rings is 2. The number of benzene rings is 4. The number of carbonyl (C=O) groups excluding carboxylic acids is 2. The molecule has 0 bridgehead atoms. The fraction of sp³-hybridized carbons (Fsp3) is 0.540. The minimum absolute atomic E-state index is 0. The van der Waals surface area contributed by atoms with Crippen molar-refractivity contribution in [3.8, 4) is 0 Å². The largest absolute Gasteiger partial charge is 0.352 e. The number of H-pyrrole nitrogens is 2. The van der Waals surface area contributed by atoms with Gasteiger partial charge in [-0.2, -0.15) is 0 Å². The van der Waals surface area contributed by atoms with Crippen LogP contribution in [-0.4, -0.2) is 178 Å². The van der Waals surface area contributed by atoms with Gasteiger partial charge in [-0.1, -0.05) is 220 Å². The molecule has 9 heterocycles. The molecule has 2 N–H and O–H groups in total. The number of hydrogen-bond acceptors (Lipinski definition) is 10. The number of aromatic nitrogens is 7. The van der Waals surface area contributed by atoms with Gasteiger partial charge in [0.15, 0.2) is 0 Å². The first-order valence-corrected chi connectivity index (χ1v) is 42.7. The molecule has 115 heavy (non-hydrogen) atoms. The van der Waals surface area contributed by atoms with E-state index in [0.717, 1.165) is 80.5 Å². The quantitative estimate of drug-likeness (QED) is 0.115. The lowest BCUT2D eigenvalue weighted by Gasteiger charge is -2.42. The predicted molar refractivity (Wildman–Crippen MR) is 495 cm³/mol. The summed E-state index contributed by atoms with van der Waals surface area (Å²) in [5.74, 6) is 4.93. The number of nitrogens with one attached hydrogen (secondary N) is 2. The molecule has 9 aromatic rings. The number of carbonyl (C=O) groups is 2. The summed E-state index contributed by atoms with van der Waals surface area (Å²) < 4.78 is 2.17. The third-order valence-electron chi connectivity index (χ3n) is 20.2. The molecule has 0 radical (unpaired) electrons. The van der Waals surface area contributed by atoms with E-state index >= 15 is 0 Å². The fourth-order valence-electron chi connectivity index (χ4n) is 12.7. The Kier molecular flexibility index (Phi) is 55.6. The van der Waals surface area contributed by atoms with Crippen LogP contribution in [0.4, 0.5) is 0 Å². The molecule has 1 atom stereocenters. The number of amides is 2. The highest BCUT2D eigenvalue weighted by atomic mass is 16.2. The van der Waals surface area contributed by atoms with Crippen molar-refractivity contribution in [2.75, 3.05) is 72.0 Å². The van der Waals surface area contributed by atoms with E-state index in [2.05, 4.69) is 280 Å². The number of aromatic amines is 2. The summed E-state index contributed by atoms with van der Waals surface area (Å²) in [6, 6.07) is 58.0. The SMILES string of the molecule is C.C.CC(C)N1CCCCC1.CC(C)N1CCCCC1.CC(C)N1CCN(C(=O)c2ccccc2)CC1.CC(C)N1CCN(C(=O)c2ccccc2)C[C@H]1C.CC(C)c1ccccc1.CC(C)c1ccccc1.CC(C)c1ccccn1.CC(C)c1cccnc1.CC(C)c1cnc[nH]1.CC(C)c1ncc[nH]1.CC(C)n1cccc1. The van der Waals surface area contributed by atoms with Crippen molar-refractivity contribution in [3.63, 3.8) is 0 Å². The van der Waals surface area contributed by atoms with Crippen LogP contribution in [0, 0.1) is 0 Å². The summed E-state index contributed by atoms with van der Waals surface area (Å²) >= 11 is 0. The van der Waals surface area contributed by atoms with Crippen LogP contribution < -0.4 is 0 Å². The highest BCUT2D eigenvalue weighted by Crippen LogP contribution is 2.19. The van der Waals surface area contributed by atoms with Crippen LogP contribution in [0.3, 0.4) is 0 Å². The van der Waals surface area contributed by atoms with Crippen molar-refractivity contribution in [1.29, 1.82) is 0 Å². The van der Waals surface area contributed by atoms with Gasteiger partial charge in [-0.25, -0.2) is 9.97 Å². The van der Waals surface area contributed by atoms with Gasteiger partial charge >= 0.3 is 0 Å². The number of likely N-dealkylation sites (tertiary alicyclic amines) is 2. The van der Waals surface area contributed by atoms with Gasteiger partial charge in [0.1, 0.15) is 5.82 Å². The first-order valence-electron chi connectivity index (χ1n) is 42.7. The molecule has 4 aliphatic heterocycles. The molecule has 638 valence electrons. The topological polar surface area (TPSA) is 142 Å². The molecular formula is C100H161N13O2. The van der Waals surface area contributed by atoms with E-state index in [0.29, 0.717) is 59.7 Å². The Hall–Kier alpha value is -8.34. The number of piperidine rings is 2. The van der Waals surface area contributed by atoms with E-state index in [1.54, 1.807) is 18.7 Å². The van der Waals surface area contributed by atoms with Crippen molar-refractivity contribution in [2.45, 2.75) is 284 Å². The molecule has 0 aliphatic carbocycles. The van der Waals surface area contributed by atoms with Gasteiger partial charge in [-0.15, -0.1) is 0 Å². The summed E-state index contributed by atoms with van der Waals surface area (Å²) in [5.41, 5.74) is 8.09. The van der Waals surface area contributed by atoms with Crippen molar-refractivity contribution >= 4 is 11.8 Å². The average Bonchev–Trinajstić information content (AvgIpc) is 1.12. The molecule has 5 aromatic heterocycles. The van der Waals surface area contributed by atoms with Gasteiger partial charge in [0.05, 0.1) is 6.33 Å². The van der Waals surface area contributed by atoms with Gasteiger partial charge in [0.25, 0.3) is 11.8 Å². The molecule has 0 spiro atoms.